The quantitative estimate of drug-likeness (QED) is 0.115. The fourth-order valence-electron chi connectivity index (χ4n) is 2.33. The Kier molecular flexibility index (Phi) is 15.3. The summed E-state index contributed by atoms with van der Waals surface area (Å²) in [5, 5.41) is 21.8. The van der Waals surface area contributed by atoms with Crippen LogP contribution in [0.3, 0.4) is 0 Å². The van der Waals surface area contributed by atoms with Crippen molar-refractivity contribution in [3.8, 4) is 0 Å². The number of rotatable bonds is 16. The highest BCUT2D eigenvalue weighted by molar-refractivity contribution is 5.49. The van der Waals surface area contributed by atoms with E-state index in [2.05, 4.69) is 6.92 Å². The van der Waals surface area contributed by atoms with Gasteiger partial charge in [-0.05, 0) is 44.3 Å². The minimum absolute atomic E-state index is 0.137. The SMILES string of the molecule is CCCCC/C(=C\C/C=C\C/C=C\C/C=C(\CCCC=O)[N+](=O)[O-])[N+](=O)[O-]. The van der Waals surface area contributed by atoms with Gasteiger partial charge in [0.2, 0.25) is 11.4 Å². The maximum Gasteiger partial charge on any atom is 0.242 e. The lowest BCUT2D eigenvalue weighted by molar-refractivity contribution is -0.428. The Morgan fingerprint density at radius 2 is 1.26 bits per heavy atom. The molecule has 0 amide bonds. The van der Waals surface area contributed by atoms with Crippen molar-refractivity contribution in [3.05, 3.63) is 68.1 Å². The monoisotopic (exact) mass is 378 g/mol. The summed E-state index contributed by atoms with van der Waals surface area (Å²) >= 11 is 0. The van der Waals surface area contributed by atoms with Crippen LogP contribution in [0.25, 0.3) is 0 Å². The summed E-state index contributed by atoms with van der Waals surface area (Å²) in [6.07, 6.45) is 17.7. The molecule has 0 unspecified atom stereocenters. The predicted molar refractivity (Wildman–Crippen MR) is 106 cm³/mol. The first-order valence-electron chi connectivity index (χ1n) is 9.43. The standard InChI is InChI=1S/C20H30N2O5/c1-2-3-9-14-19(21(24)25)15-10-7-5-4-6-8-11-16-20(22(26)27)17-12-13-18-23/h5-8,15-16,18H,2-4,9-14,17H2,1H3/b7-5-,8-6-,19-15+,20-16+. The van der Waals surface area contributed by atoms with Crippen LogP contribution in [0.15, 0.2) is 47.9 Å². The molecule has 0 atom stereocenters. The lowest BCUT2D eigenvalue weighted by Crippen LogP contribution is -1.98. The molecule has 0 bridgehead atoms. The van der Waals surface area contributed by atoms with E-state index in [4.69, 9.17) is 0 Å². The second kappa shape index (κ2) is 16.9. The summed E-state index contributed by atoms with van der Waals surface area (Å²) in [5.74, 6) is 0. The lowest BCUT2D eigenvalue weighted by atomic mass is 10.1. The molecule has 7 nitrogen and oxygen atoms in total. The normalized spacial score (nSPS) is 12.8. The molecule has 0 aliphatic rings. The molecular weight excluding hydrogens is 348 g/mol. The highest BCUT2D eigenvalue weighted by Gasteiger charge is 2.09. The van der Waals surface area contributed by atoms with Gasteiger partial charge in [0.1, 0.15) is 6.29 Å². The fourth-order valence-corrected chi connectivity index (χ4v) is 2.33. The lowest BCUT2D eigenvalue weighted by Gasteiger charge is -1.97. The van der Waals surface area contributed by atoms with Crippen LogP contribution in [-0.2, 0) is 4.79 Å². The molecule has 0 spiro atoms. The Morgan fingerprint density at radius 3 is 1.70 bits per heavy atom. The third kappa shape index (κ3) is 14.3. The van der Waals surface area contributed by atoms with Crippen molar-refractivity contribution in [2.24, 2.45) is 0 Å². The van der Waals surface area contributed by atoms with Crippen molar-refractivity contribution in [1.82, 2.24) is 0 Å². The smallest absolute Gasteiger partial charge is 0.242 e. The average Bonchev–Trinajstić information content (AvgIpc) is 2.63. The van der Waals surface area contributed by atoms with E-state index in [1.54, 1.807) is 12.2 Å². The van der Waals surface area contributed by atoms with Crippen molar-refractivity contribution in [2.75, 3.05) is 0 Å². The maximum absolute atomic E-state index is 10.9. The van der Waals surface area contributed by atoms with E-state index in [0.717, 1.165) is 25.5 Å². The first kappa shape index (κ1) is 24.4. The van der Waals surface area contributed by atoms with Crippen molar-refractivity contribution in [1.29, 1.82) is 0 Å². The van der Waals surface area contributed by atoms with E-state index in [-0.39, 0.29) is 16.3 Å². The molecule has 27 heavy (non-hydrogen) atoms. The Balaban J connectivity index is 4.23. The number of carbonyl (C=O) groups is 1. The van der Waals surface area contributed by atoms with Gasteiger partial charge in [0.25, 0.3) is 0 Å². The van der Waals surface area contributed by atoms with Crippen LogP contribution >= 0.6 is 0 Å². The summed E-state index contributed by atoms with van der Waals surface area (Å²) in [5.41, 5.74) is 0.410. The molecule has 0 rings (SSSR count). The molecule has 0 aromatic carbocycles. The van der Waals surface area contributed by atoms with Crippen molar-refractivity contribution < 1.29 is 14.6 Å². The van der Waals surface area contributed by atoms with Crippen LogP contribution in [0.5, 0.6) is 0 Å². The van der Waals surface area contributed by atoms with E-state index in [0.29, 0.717) is 44.9 Å². The number of hydrogen-bond acceptors (Lipinski definition) is 5. The number of aldehydes is 1. The molecule has 0 saturated heterocycles. The summed E-state index contributed by atoms with van der Waals surface area (Å²) in [7, 11) is 0. The van der Waals surface area contributed by atoms with E-state index >= 15 is 0 Å². The van der Waals surface area contributed by atoms with Crippen molar-refractivity contribution >= 4 is 6.29 Å². The number of hydrogen-bond donors (Lipinski definition) is 0. The van der Waals surface area contributed by atoms with Crippen LogP contribution in [0.1, 0.15) is 71.1 Å². The van der Waals surface area contributed by atoms with Gasteiger partial charge in [-0.1, -0.05) is 44.1 Å². The molecule has 0 aromatic heterocycles. The molecule has 0 radical (unpaired) electrons. The number of unbranched alkanes of at least 4 members (excludes halogenated alkanes) is 3. The number of allylic oxidation sites excluding steroid dienone is 8. The minimum atomic E-state index is -0.404. The molecular formula is C20H30N2O5. The third-order valence-electron chi connectivity index (χ3n) is 3.84. The minimum Gasteiger partial charge on any atom is -0.303 e. The van der Waals surface area contributed by atoms with E-state index in [1.165, 1.54) is 0 Å². The molecule has 0 saturated carbocycles. The van der Waals surface area contributed by atoms with Gasteiger partial charge in [-0.25, -0.2) is 0 Å². The van der Waals surface area contributed by atoms with Crippen LogP contribution in [-0.4, -0.2) is 16.1 Å². The molecule has 150 valence electrons. The first-order chi connectivity index (χ1) is 13.0. The maximum atomic E-state index is 10.9. The van der Waals surface area contributed by atoms with Gasteiger partial charge in [-0.15, -0.1) is 0 Å². The molecule has 0 aliphatic heterocycles. The van der Waals surface area contributed by atoms with Gasteiger partial charge < -0.3 is 4.79 Å². The summed E-state index contributed by atoms with van der Waals surface area (Å²) < 4.78 is 0. The second-order valence-corrected chi connectivity index (χ2v) is 6.07. The van der Waals surface area contributed by atoms with Crippen molar-refractivity contribution in [3.63, 3.8) is 0 Å². The molecule has 0 N–H and O–H groups in total. The van der Waals surface area contributed by atoms with Crippen LogP contribution in [0.2, 0.25) is 0 Å². The van der Waals surface area contributed by atoms with Gasteiger partial charge in [0.05, 0.1) is 9.85 Å². The van der Waals surface area contributed by atoms with Crippen LogP contribution in [0.4, 0.5) is 0 Å². The highest BCUT2D eigenvalue weighted by Crippen LogP contribution is 2.11. The Hall–Kier alpha value is -2.57. The third-order valence-corrected chi connectivity index (χ3v) is 3.84. The van der Waals surface area contributed by atoms with Crippen molar-refractivity contribution in [2.45, 2.75) is 71.1 Å². The largest absolute Gasteiger partial charge is 0.303 e. The molecule has 0 aromatic rings. The fraction of sp³-hybridized carbons (Fsp3) is 0.550. The number of nitrogens with zero attached hydrogens (tertiary/aromatic N) is 2. The topological polar surface area (TPSA) is 103 Å². The zero-order valence-corrected chi connectivity index (χ0v) is 16.0. The summed E-state index contributed by atoms with van der Waals surface area (Å²) in [4.78, 5) is 31.4. The van der Waals surface area contributed by atoms with Crippen LogP contribution < -0.4 is 0 Å². The Morgan fingerprint density at radius 1 is 0.778 bits per heavy atom. The summed E-state index contributed by atoms with van der Waals surface area (Å²) in [6, 6.07) is 0. The summed E-state index contributed by atoms with van der Waals surface area (Å²) in [6.45, 7) is 2.06. The molecule has 0 aliphatic carbocycles. The van der Waals surface area contributed by atoms with Crippen LogP contribution in [0, 0.1) is 20.2 Å². The predicted octanol–water partition coefficient (Wildman–Crippen LogP) is 5.54. The van der Waals surface area contributed by atoms with Gasteiger partial charge in [-0.3, -0.25) is 20.2 Å². The van der Waals surface area contributed by atoms with E-state index < -0.39 is 4.92 Å². The molecule has 0 heterocycles. The molecule has 7 heteroatoms. The highest BCUT2D eigenvalue weighted by atomic mass is 16.6. The van der Waals surface area contributed by atoms with Gasteiger partial charge >= 0.3 is 0 Å². The second-order valence-electron chi connectivity index (χ2n) is 6.07. The zero-order chi connectivity index (χ0) is 20.3. The van der Waals surface area contributed by atoms with E-state index in [9.17, 15) is 25.0 Å². The van der Waals surface area contributed by atoms with Gasteiger partial charge in [0.15, 0.2) is 0 Å². The zero-order valence-electron chi connectivity index (χ0n) is 16.0. The number of carbonyl (C=O) groups excluding carboxylic acids is 1. The Labute approximate surface area is 160 Å². The molecule has 0 fully saturated rings. The Bertz CT molecular complexity index is 577. The number of nitro groups is 2. The van der Waals surface area contributed by atoms with Gasteiger partial charge in [-0.2, -0.15) is 0 Å². The average molecular weight is 378 g/mol. The van der Waals surface area contributed by atoms with Gasteiger partial charge in [0, 0.05) is 19.3 Å². The first-order valence-corrected chi connectivity index (χ1v) is 9.43. The van der Waals surface area contributed by atoms with E-state index in [1.807, 2.05) is 24.3 Å².